The molecule has 0 aromatic heterocycles. The number of anilines is 1. The van der Waals surface area contributed by atoms with Gasteiger partial charge in [-0.05, 0) is 81.9 Å². The molecule has 7 heteroatoms. The molecule has 184 valence electrons. The highest BCUT2D eigenvalue weighted by molar-refractivity contribution is 5.91. The van der Waals surface area contributed by atoms with Crippen molar-refractivity contribution in [3.8, 4) is 0 Å². The van der Waals surface area contributed by atoms with Gasteiger partial charge in [-0.3, -0.25) is 9.69 Å². The molecule has 1 saturated heterocycles. The topological polar surface area (TPSA) is 61.9 Å². The Hall–Kier alpha value is -2.41. The third-order valence-corrected chi connectivity index (χ3v) is 8.35. The van der Waals surface area contributed by atoms with E-state index >= 15 is 0 Å². The van der Waals surface area contributed by atoms with E-state index in [4.69, 9.17) is 4.74 Å². The van der Waals surface area contributed by atoms with Crippen LogP contribution >= 0.6 is 0 Å². The molecule has 0 radical (unpaired) electrons. The number of nitrogens with one attached hydrogen (secondary N) is 1. The molecular formula is C27H36FN3O3. The minimum absolute atomic E-state index is 0.0148. The number of allylic oxidation sites excluding steroid dienone is 1. The number of esters is 1. The molecule has 1 aromatic rings. The summed E-state index contributed by atoms with van der Waals surface area (Å²) in [5, 5.41) is 3.15. The van der Waals surface area contributed by atoms with Gasteiger partial charge in [-0.15, -0.1) is 0 Å². The Morgan fingerprint density at radius 2 is 1.94 bits per heavy atom. The number of rotatable bonds is 6. The van der Waals surface area contributed by atoms with Gasteiger partial charge in [-0.2, -0.15) is 0 Å². The molecule has 1 heterocycles. The Bertz CT molecular complexity index is 966. The number of ether oxygens (including phenoxy) is 1. The molecule has 1 aliphatic heterocycles. The normalized spacial score (nSPS) is 26.6. The molecule has 34 heavy (non-hydrogen) atoms. The van der Waals surface area contributed by atoms with Crippen LogP contribution in [0, 0.1) is 17.2 Å². The second-order valence-electron chi connectivity index (χ2n) is 10.5. The molecule has 3 aliphatic carbocycles. The summed E-state index contributed by atoms with van der Waals surface area (Å²) in [6, 6.07) is 7.21. The first-order valence-corrected chi connectivity index (χ1v) is 12.9. The summed E-state index contributed by atoms with van der Waals surface area (Å²) in [6.07, 6.45) is 7.66. The van der Waals surface area contributed by atoms with Crippen LogP contribution in [0.4, 0.5) is 10.1 Å². The monoisotopic (exact) mass is 469 g/mol. The molecule has 1 N–H and O–H groups in total. The lowest BCUT2D eigenvalue weighted by Gasteiger charge is -2.39. The molecule has 6 nitrogen and oxygen atoms in total. The fraction of sp³-hybridized carbons (Fsp3) is 0.630. The Labute approximate surface area is 201 Å². The minimum Gasteiger partial charge on any atom is -0.463 e. The van der Waals surface area contributed by atoms with Crippen LogP contribution in [0.3, 0.4) is 0 Å². The van der Waals surface area contributed by atoms with Crippen molar-refractivity contribution in [1.82, 2.24) is 10.2 Å². The van der Waals surface area contributed by atoms with Gasteiger partial charge in [0.25, 0.3) is 0 Å². The minimum atomic E-state index is -0.260. The average Bonchev–Trinajstić information content (AvgIpc) is 3.40. The Kier molecular flexibility index (Phi) is 6.65. The highest BCUT2D eigenvalue weighted by Crippen LogP contribution is 2.57. The second-order valence-corrected chi connectivity index (χ2v) is 10.5. The van der Waals surface area contributed by atoms with Crippen LogP contribution < -0.4 is 10.2 Å². The maximum Gasteiger partial charge on any atom is 0.335 e. The van der Waals surface area contributed by atoms with Crippen LogP contribution in [0.1, 0.15) is 58.3 Å². The molecule has 1 amide bonds. The molecule has 5 rings (SSSR count). The number of nitrogens with zero attached hydrogens (tertiary/aromatic N) is 2. The number of carbonyl (C=O) groups is 2. The van der Waals surface area contributed by atoms with Crippen LogP contribution in [0.5, 0.6) is 0 Å². The molecule has 1 spiro atoms. The molecule has 0 unspecified atom stereocenters. The number of piperazine rings is 1. The first kappa shape index (κ1) is 23.3. The van der Waals surface area contributed by atoms with Crippen molar-refractivity contribution >= 4 is 17.6 Å². The summed E-state index contributed by atoms with van der Waals surface area (Å²) in [5.74, 6) is -0.413. The zero-order valence-electron chi connectivity index (χ0n) is 20.2. The summed E-state index contributed by atoms with van der Waals surface area (Å²) in [7, 11) is 0. The highest BCUT2D eigenvalue weighted by Gasteiger charge is 2.47. The van der Waals surface area contributed by atoms with Gasteiger partial charge in [0.15, 0.2) is 0 Å². The second kappa shape index (κ2) is 9.68. The van der Waals surface area contributed by atoms with Gasteiger partial charge in [-0.1, -0.05) is 6.07 Å². The number of hydrogen-bond acceptors (Lipinski definition) is 5. The number of amides is 1. The lowest BCUT2D eigenvalue weighted by Crippen LogP contribution is -2.50. The lowest BCUT2D eigenvalue weighted by molar-refractivity contribution is -0.139. The van der Waals surface area contributed by atoms with E-state index in [1.807, 2.05) is 13.0 Å². The van der Waals surface area contributed by atoms with Crippen molar-refractivity contribution in [2.75, 3.05) is 37.7 Å². The lowest BCUT2D eigenvalue weighted by atomic mass is 9.83. The van der Waals surface area contributed by atoms with Gasteiger partial charge in [0.05, 0.1) is 12.2 Å². The van der Waals surface area contributed by atoms with Crippen LogP contribution in [0.25, 0.3) is 0 Å². The van der Waals surface area contributed by atoms with Crippen molar-refractivity contribution in [2.24, 2.45) is 11.3 Å². The van der Waals surface area contributed by atoms with Crippen molar-refractivity contribution in [3.63, 3.8) is 0 Å². The van der Waals surface area contributed by atoms with Crippen LogP contribution in [0.15, 0.2) is 35.5 Å². The van der Waals surface area contributed by atoms with Crippen molar-refractivity contribution < 1.29 is 18.7 Å². The number of benzene rings is 1. The van der Waals surface area contributed by atoms with E-state index in [1.54, 1.807) is 12.1 Å². The quantitative estimate of drug-likeness (QED) is 0.638. The third-order valence-electron chi connectivity index (χ3n) is 8.35. The summed E-state index contributed by atoms with van der Waals surface area (Å²) in [4.78, 5) is 30.4. The molecular weight excluding hydrogens is 433 g/mol. The van der Waals surface area contributed by atoms with Gasteiger partial charge in [0.1, 0.15) is 5.82 Å². The van der Waals surface area contributed by atoms with Crippen molar-refractivity contribution in [1.29, 1.82) is 0 Å². The highest BCUT2D eigenvalue weighted by atomic mass is 19.1. The Morgan fingerprint density at radius 3 is 2.65 bits per heavy atom. The molecule has 4 aliphatic rings. The maximum atomic E-state index is 13.6. The van der Waals surface area contributed by atoms with Crippen molar-refractivity contribution in [3.05, 3.63) is 41.4 Å². The van der Waals surface area contributed by atoms with Crippen LogP contribution in [-0.4, -0.2) is 55.6 Å². The van der Waals surface area contributed by atoms with Gasteiger partial charge in [0, 0.05) is 49.5 Å². The molecule has 0 bridgehead atoms. The van der Waals surface area contributed by atoms with E-state index < -0.39 is 0 Å². The third kappa shape index (κ3) is 4.99. The number of hydrogen-bond donors (Lipinski definition) is 1. The smallest absolute Gasteiger partial charge is 0.335 e. The average molecular weight is 470 g/mol. The number of halogens is 1. The zero-order chi connectivity index (χ0) is 23.7. The molecule has 1 aromatic carbocycles. The van der Waals surface area contributed by atoms with E-state index in [0.29, 0.717) is 18.2 Å². The fourth-order valence-corrected chi connectivity index (χ4v) is 6.06. The van der Waals surface area contributed by atoms with Crippen molar-refractivity contribution in [2.45, 2.75) is 64.3 Å². The molecule has 2 atom stereocenters. The number of carbonyl (C=O) groups excluding carboxylic acids is 2. The summed E-state index contributed by atoms with van der Waals surface area (Å²) in [5.41, 5.74) is 2.71. The standard InChI is InChI=1S/C27H36FN3O3/c1-2-34-26(33)23-18-27(10-11-27)9-8-24(23)29-25(32)19-6-7-22(16-19)31-14-12-30(13-15-31)21-5-3-4-20(28)17-21/h3-5,17,19,22H,2,6-16,18H2,1H3,(H,29,32)/t19-,22+/m0/s1. The van der Waals surface area contributed by atoms with E-state index in [9.17, 15) is 14.0 Å². The summed E-state index contributed by atoms with van der Waals surface area (Å²) < 4.78 is 18.9. The van der Waals surface area contributed by atoms with Gasteiger partial charge < -0.3 is 15.0 Å². The van der Waals surface area contributed by atoms with Gasteiger partial charge in [0.2, 0.25) is 5.91 Å². The van der Waals surface area contributed by atoms with Crippen LogP contribution in [0.2, 0.25) is 0 Å². The first-order valence-electron chi connectivity index (χ1n) is 12.9. The predicted octanol–water partition coefficient (Wildman–Crippen LogP) is 4.01. The molecule has 2 saturated carbocycles. The van der Waals surface area contributed by atoms with E-state index in [-0.39, 0.29) is 29.0 Å². The van der Waals surface area contributed by atoms with Crippen LogP contribution in [-0.2, 0) is 14.3 Å². The Balaban J connectivity index is 1.16. The van der Waals surface area contributed by atoms with Gasteiger partial charge >= 0.3 is 5.97 Å². The Morgan fingerprint density at radius 1 is 1.15 bits per heavy atom. The largest absolute Gasteiger partial charge is 0.463 e. The van der Waals surface area contributed by atoms with E-state index in [0.717, 1.165) is 76.1 Å². The summed E-state index contributed by atoms with van der Waals surface area (Å²) >= 11 is 0. The SMILES string of the molecule is CCOC(=O)C1=C(NC(=O)[C@H]2CC[C@@H](N3CCN(c4cccc(F)c4)CC3)C2)CCC2(CC2)C1. The first-order chi connectivity index (χ1) is 16.5. The summed E-state index contributed by atoms with van der Waals surface area (Å²) in [6.45, 7) is 5.77. The fourth-order valence-electron chi connectivity index (χ4n) is 6.06. The zero-order valence-corrected chi connectivity index (χ0v) is 20.2. The maximum absolute atomic E-state index is 13.6. The van der Waals surface area contributed by atoms with Gasteiger partial charge in [-0.25, -0.2) is 9.18 Å². The van der Waals surface area contributed by atoms with E-state index in [2.05, 4.69) is 15.1 Å². The van der Waals surface area contributed by atoms with E-state index in [1.165, 1.54) is 18.9 Å². The molecule has 3 fully saturated rings. The predicted molar refractivity (Wildman–Crippen MR) is 129 cm³/mol.